The molecule has 0 spiro atoms. The summed E-state index contributed by atoms with van der Waals surface area (Å²) in [4.78, 5) is 0. The van der Waals surface area contributed by atoms with Crippen molar-refractivity contribution < 1.29 is 8.42 Å². The van der Waals surface area contributed by atoms with Gasteiger partial charge in [-0.15, -0.1) is 0 Å². The van der Waals surface area contributed by atoms with Crippen LogP contribution in [0.15, 0.2) is 0 Å². The lowest BCUT2D eigenvalue weighted by Gasteiger charge is -2.24. The Bertz CT molecular complexity index is 314. The fourth-order valence-corrected chi connectivity index (χ4v) is 3.88. The molecule has 1 heterocycles. The Morgan fingerprint density at radius 2 is 1.88 bits per heavy atom. The molecule has 5 heteroatoms. The molecule has 0 radical (unpaired) electrons. The monoisotopic (exact) mass is 262 g/mol. The van der Waals surface area contributed by atoms with Gasteiger partial charge < -0.3 is 10.6 Å². The van der Waals surface area contributed by atoms with Crippen molar-refractivity contribution in [2.45, 2.75) is 57.4 Å². The van der Waals surface area contributed by atoms with Crippen LogP contribution in [0.3, 0.4) is 0 Å². The Kier molecular flexibility index (Phi) is 5.89. The fourth-order valence-electron chi connectivity index (χ4n) is 2.07. The van der Waals surface area contributed by atoms with E-state index in [0.29, 0.717) is 24.4 Å². The highest BCUT2D eigenvalue weighted by atomic mass is 32.2. The van der Waals surface area contributed by atoms with E-state index in [1.165, 1.54) is 0 Å². The van der Waals surface area contributed by atoms with Gasteiger partial charge in [0.2, 0.25) is 0 Å². The minimum atomic E-state index is -2.83. The fraction of sp³-hybridized carbons (Fsp3) is 1.00. The summed E-state index contributed by atoms with van der Waals surface area (Å²) in [6, 6.07) is 0.784. The molecule has 0 amide bonds. The molecule has 2 atom stereocenters. The lowest BCUT2D eigenvalue weighted by molar-refractivity contribution is 0.455. The summed E-state index contributed by atoms with van der Waals surface area (Å²) in [5.41, 5.74) is 0. The lowest BCUT2D eigenvalue weighted by atomic mass is 10.2. The molecule has 1 rings (SSSR count). The zero-order valence-corrected chi connectivity index (χ0v) is 12.0. The van der Waals surface area contributed by atoms with Crippen LogP contribution in [0.25, 0.3) is 0 Å². The van der Waals surface area contributed by atoms with Gasteiger partial charge in [0.05, 0.1) is 11.0 Å². The first-order valence-corrected chi connectivity index (χ1v) is 8.31. The summed E-state index contributed by atoms with van der Waals surface area (Å²) in [6.45, 7) is 7.79. The minimum Gasteiger partial charge on any atom is -0.313 e. The molecular weight excluding hydrogens is 236 g/mol. The Morgan fingerprint density at radius 3 is 2.47 bits per heavy atom. The van der Waals surface area contributed by atoms with Gasteiger partial charge in [-0.25, -0.2) is 8.42 Å². The molecule has 0 saturated carbocycles. The van der Waals surface area contributed by atoms with E-state index in [2.05, 4.69) is 31.4 Å². The average molecular weight is 262 g/mol. The Hall–Kier alpha value is -0.130. The molecule has 1 saturated heterocycles. The van der Waals surface area contributed by atoms with E-state index in [1.54, 1.807) is 0 Å². The average Bonchev–Trinajstić information content (AvgIpc) is 2.24. The standard InChI is InChI=1S/C12H26N2O2S/c1-10(2)13-8-11(3)14-9-12-6-4-5-7-17(12,15)16/h10-14H,4-9H2,1-3H3. The summed E-state index contributed by atoms with van der Waals surface area (Å²) >= 11 is 0. The predicted octanol–water partition coefficient (Wildman–Crippen LogP) is 0.930. The molecule has 0 aromatic heterocycles. The number of hydrogen-bond donors (Lipinski definition) is 2. The van der Waals surface area contributed by atoms with Crippen LogP contribution in [-0.2, 0) is 9.84 Å². The van der Waals surface area contributed by atoms with Gasteiger partial charge in [0, 0.05) is 25.2 Å². The van der Waals surface area contributed by atoms with Gasteiger partial charge in [0.15, 0.2) is 9.84 Å². The summed E-state index contributed by atoms with van der Waals surface area (Å²) in [5.74, 6) is 0.373. The van der Waals surface area contributed by atoms with Crippen molar-refractivity contribution in [2.24, 2.45) is 0 Å². The second-order valence-electron chi connectivity index (χ2n) is 5.36. The third kappa shape index (κ3) is 5.36. The first-order chi connectivity index (χ1) is 7.92. The van der Waals surface area contributed by atoms with Gasteiger partial charge in [-0.05, 0) is 19.8 Å². The maximum atomic E-state index is 11.8. The second-order valence-corrected chi connectivity index (χ2v) is 7.76. The first-order valence-electron chi connectivity index (χ1n) is 6.60. The molecule has 102 valence electrons. The van der Waals surface area contributed by atoms with Crippen molar-refractivity contribution in [2.75, 3.05) is 18.8 Å². The van der Waals surface area contributed by atoms with Gasteiger partial charge in [-0.2, -0.15) is 0 Å². The van der Waals surface area contributed by atoms with E-state index in [1.807, 2.05) is 0 Å². The third-order valence-electron chi connectivity index (χ3n) is 3.24. The van der Waals surface area contributed by atoms with E-state index >= 15 is 0 Å². The van der Waals surface area contributed by atoms with Crippen LogP contribution in [0.2, 0.25) is 0 Å². The van der Waals surface area contributed by atoms with Crippen LogP contribution in [0.4, 0.5) is 0 Å². The molecule has 0 aliphatic carbocycles. The summed E-state index contributed by atoms with van der Waals surface area (Å²) < 4.78 is 23.6. The molecule has 17 heavy (non-hydrogen) atoms. The molecule has 1 aliphatic rings. The minimum absolute atomic E-state index is 0.169. The van der Waals surface area contributed by atoms with Crippen LogP contribution < -0.4 is 10.6 Å². The van der Waals surface area contributed by atoms with Gasteiger partial charge in [0.1, 0.15) is 0 Å². The Morgan fingerprint density at radius 1 is 1.18 bits per heavy atom. The Balaban J connectivity index is 2.29. The highest BCUT2D eigenvalue weighted by molar-refractivity contribution is 7.92. The highest BCUT2D eigenvalue weighted by Gasteiger charge is 2.28. The smallest absolute Gasteiger partial charge is 0.154 e. The van der Waals surface area contributed by atoms with Crippen LogP contribution >= 0.6 is 0 Å². The van der Waals surface area contributed by atoms with E-state index in [-0.39, 0.29) is 5.25 Å². The van der Waals surface area contributed by atoms with E-state index in [9.17, 15) is 8.42 Å². The predicted molar refractivity (Wildman–Crippen MR) is 72.0 cm³/mol. The zero-order valence-electron chi connectivity index (χ0n) is 11.2. The molecule has 0 aromatic rings. The molecule has 2 unspecified atom stereocenters. The van der Waals surface area contributed by atoms with Crippen LogP contribution in [0.1, 0.15) is 40.0 Å². The second kappa shape index (κ2) is 6.71. The quantitative estimate of drug-likeness (QED) is 0.748. The zero-order chi connectivity index (χ0) is 12.9. The number of hydrogen-bond acceptors (Lipinski definition) is 4. The SMILES string of the molecule is CC(C)NCC(C)NCC1CCCCS1(=O)=O. The maximum absolute atomic E-state index is 11.8. The normalized spacial score (nSPS) is 26.0. The van der Waals surface area contributed by atoms with Crippen molar-refractivity contribution >= 4 is 9.84 Å². The van der Waals surface area contributed by atoms with E-state index in [0.717, 1.165) is 25.8 Å². The van der Waals surface area contributed by atoms with Gasteiger partial charge in [-0.3, -0.25) is 0 Å². The number of sulfone groups is 1. The largest absolute Gasteiger partial charge is 0.313 e. The summed E-state index contributed by atoms with van der Waals surface area (Å²) in [7, 11) is -2.83. The molecule has 0 bridgehead atoms. The van der Waals surface area contributed by atoms with Crippen molar-refractivity contribution in [3.05, 3.63) is 0 Å². The number of rotatable bonds is 6. The third-order valence-corrected chi connectivity index (χ3v) is 5.51. The Labute approximate surface area is 105 Å². The lowest BCUT2D eigenvalue weighted by Crippen LogP contribution is -2.44. The van der Waals surface area contributed by atoms with Crippen molar-refractivity contribution in [1.82, 2.24) is 10.6 Å². The van der Waals surface area contributed by atoms with Crippen molar-refractivity contribution in [3.63, 3.8) is 0 Å². The number of nitrogens with one attached hydrogen (secondary N) is 2. The van der Waals surface area contributed by atoms with E-state index in [4.69, 9.17) is 0 Å². The summed E-state index contributed by atoms with van der Waals surface area (Å²) in [6.07, 6.45) is 2.70. The van der Waals surface area contributed by atoms with Crippen LogP contribution in [0, 0.1) is 0 Å². The molecule has 1 aliphatic heterocycles. The first kappa shape index (κ1) is 14.9. The van der Waals surface area contributed by atoms with E-state index < -0.39 is 9.84 Å². The molecule has 4 nitrogen and oxygen atoms in total. The van der Waals surface area contributed by atoms with Gasteiger partial charge in [-0.1, -0.05) is 20.3 Å². The molecule has 0 aromatic carbocycles. The topological polar surface area (TPSA) is 58.2 Å². The highest BCUT2D eigenvalue weighted by Crippen LogP contribution is 2.18. The van der Waals surface area contributed by atoms with Crippen molar-refractivity contribution in [1.29, 1.82) is 0 Å². The van der Waals surface area contributed by atoms with Crippen LogP contribution in [0.5, 0.6) is 0 Å². The van der Waals surface area contributed by atoms with Crippen molar-refractivity contribution in [3.8, 4) is 0 Å². The van der Waals surface area contributed by atoms with Crippen LogP contribution in [-0.4, -0.2) is 44.6 Å². The molecule has 2 N–H and O–H groups in total. The van der Waals surface area contributed by atoms with Gasteiger partial charge in [0.25, 0.3) is 0 Å². The van der Waals surface area contributed by atoms with Gasteiger partial charge >= 0.3 is 0 Å². The summed E-state index contributed by atoms with van der Waals surface area (Å²) in [5, 5.41) is 6.49. The molecule has 1 fully saturated rings. The molecular formula is C12H26N2O2S. The maximum Gasteiger partial charge on any atom is 0.154 e.